The van der Waals surface area contributed by atoms with Crippen LogP contribution in [0, 0.1) is 0 Å². The van der Waals surface area contributed by atoms with Crippen LogP contribution in [0.2, 0.25) is 0 Å². The molecule has 0 amide bonds. The highest BCUT2D eigenvalue weighted by Gasteiger charge is 1.90. The zero-order valence-electron chi connectivity index (χ0n) is 9.55. The van der Waals surface area contributed by atoms with E-state index in [-0.39, 0.29) is 5.57 Å². The van der Waals surface area contributed by atoms with Crippen LogP contribution >= 0.6 is 0 Å². The van der Waals surface area contributed by atoms with Crippen LogP contribution in [0.1, 0.15) is 46.5 Å². The fourth-order valence-electron chi connectivity index (χ4n) is 0.606. The molecule has 0 spiro atoms. The molecule has 0 rings (SSSR count). The van der Waals surface area contributed by atoms with Gasteiger partial charge in [0, 0.05) is 5.57 Å². The molecule has 0 aliphatic rings. The molecule has 1 N–H and O–H groups in total. The molecule has 0 aliphatic carbocycles. The molecular formula is C12H22O2. The zero-order chi connectivity index (χ0) is 11.4. The summed E-state index contributed by atoms with van der Waals surface area (Å²) in [5.41, 5.74) is 0.176. The first-order valence-electron chi connectivity index (χ1n) is 5.10. The number of unbranched alkanes of at least 4 members (excludes halogenated alkanes) is 2. The highest BCUT2D eigenvalue weighted by Crippen LogP contribution is 1.94. The van der Waals surface area contributed by atoms with Gasteiger partial charge in [-0.05, 0) is 19.8 Å². The van der Waals surface area contributed by atoms with Gasteiger partial charge >= 0.3 is 5.97 Å². The molecular weight excluding hydrogens is 176 g/mol. The maximum absolute atomic E-state index is 9.60. The van der Waals surface area contributed by atoms with Crippen molar-refractivity contribution in [2.45, 2.75) is 46.5 Å². The summed E-state index contributed by atoms with van der Waals surface area (Å²) in [4.78, 5) is 9.60. The number of carbonyl (C=O) groups is 1. The van der Waals surface area contributed by atoms with Gasteiger partial charge in [0.25, 0.3) is 0 Å². The summed E-state index contributed by atoms with van der Waals surface area (Å²) < 4.78 is 0. The highest BCUT2D eigenvalue weighted by atomic mass is 16.4. The monoisotopic (exact) mass is 198 g/mol. The van der Waals surface area contributed by atoms with Gasteiger partial charge in [0.2, 0.25) is 0 Å². The van der Waals surface area contributed by atoms with Crippen LogP contribution in [0.4, 0.5) is 0 Å². The van der Waals surface area contributed by atoms with Crippen LogP contribution in [0.25, 0.3) is 0 Å². The molecule has 2 nitrogen and oxygen atoms in total. The summed E-state index contributed by atoms with van der Waals surface area (Å²) >= 11 is 0. The minimum absolute atomic E-state index is 0.176. The molecule has 0 saturated carbocycles. The van der Waals surface area contributed by atoms with Crippen molar-refractivity contribution in [3.63, 3.8) is 0 Å². The van der Waals surface area contributed by atoms with Crippen LogP contribution in [-0.2, 0) is 4.79 Å². The van der Waals surface area contributed by atoms with E-state index >= 15 is 0 Å². The van der Waals surface area contributed by atoms with Gasteiger partial charge in [0.1, 0.15) is 0 Å². The van der Waals surface area contributed by atoms with Gasteiger partial charge in [-0.15, -0.1) is 0 Å². The Morgan fingerprint density at radius 2 is 1.86 bits per heavy atom. The molecule has 0 fully saturated rings. The van der Waals surface area contributed by atoms with Gasteiger partial charge in [-0.25, -0.2) is 4.79 Å². The summed E-state index contributed by atoms with van der Waals surface area (Å²) in [6.07, 6.45) is 9.61. The molecule has 0 aromatic heterocycles. The van der Waals surface area contributed by atoms with Crippen molar-refractivity contribution < 1.29 is 9.90 Å². The van der Waals surface area contributed by atoms with E-state index < -0.39 is 5.97 Å². The van der Waals surface area contributed by atoms with E-state index in [1.54, 1.807) is 0 Å². The number of carboxylic acids is 1. The van der Waals surface area contributed by atoms with Crippen molar-refractivity contribution in [2.75, 3.05) is 0 Å². The van der Waals surface area contributed by atoms with E-state index in [0.717, 1.165) is 0 Å². The molecule has 0 radical (unpaired) electrons. The standard InChI is InChI=1S/C8H16.C4H6O2/c1-3-5-7-8-6-4-2;1-3(2)4(5)6/h5,7H,3-4,6,8H2,1-2H3;1H2,2H3,(H,5,6)/b7-5+;. The number of hydrogen-bond donors (Lipinski definition) is 1. The lowest BCUT2D eigenvalue weighted by Crippen LogP contribution is -1.92. The Kier molecular flexibility index (Phi) is 13.2. The van der Waals surface area contributed by atoms with E-state index in [9.17, 15) is 4.79 Å². The Labute approximate surface area is 87.3 Å². The second-order valence-corrected chi connectivity index (χ2v) is 3.11. The average Bonchev–Trinajstić information content (AvgIpc) is 2.13. The number of allylic oxidation sites excluding steroid dienone is 2. The third-order valence-corrected chi connectivity index (χ3v) is 1.49. The third kappa shape index (κ3) is 17.2. The second-order valence-electron chi connectivity index (χ2n) is 3.11. The van der Waals surface area contributed by atoms with E-state index in [4.69, 9.17) is 5.11 Å². The largest absolute Gasteiger partial charge is 0.478 e. The molecule has 0 unspecified atom stereocenters. The minimum atomic E-state index is -0.935. The molecule has 0 bridgehead atoms. The van der Waals surface area contributed by atoms with E-state index in [0.29, 0.717) is 0 Å². The molecule has 82 valence electrons. The van der Waals surface area contributed by atoms with Crippen LogP contribution in [-0.4, -0.2) is 11.1 Å². The van der Waals surface area contributed by atoms with Gasteiger partial charge < -0.3 is 5.11 Å². The molecule has 0 atom stereocenters. The number of hydrogen-bond acceptors (Lipinski definition) is 1. The zero-order valence-corrected chi connectivity index (χ0v) is 9.55. The second kappa shape index (κ2) is 11.9. The Balaban J connectivity index is 0. The molecule has 0 aromatic rings. The fraction of sp³-hybridized carbons (Fsp3) is 0.583. The van der Waals surface area contributed by atoms with E-state index in [1.165, 1.54) is 32.6 Å². The van der Waals surface area contributed by atoms with Crippen LogP contribution in [0.5, 0.6) is 0 Å². The number of rotatable bonds is 5. The van der Waals surface area contributed by atoms with Crippen molar-refractivity contribution in [1.82, 2.24) is 0 Å². The van der Waals surface area contributed by atoms with Crippen LogP contribution in [0.3, 0.4) is 0 Å². The van der Waals surface area contributed by atoms with Gasteiger partial charge in [-0.3, -0.25) is 0 Å². The summed E-state index contributed by atoms with van der Waals surface area (Å²) in [7, 11) is 0. The molecule has 0 heterocycles. The average molecular weight is 198 g/mol. The van der Waals surface area contributed by atoms with Crippen LogP contribution in [0.15, 0.2) is 24.3 Å². The lowest BCUT2D eigenvalue weighted by Gasteiger charge is -1.85. The van der Waals surface area contributed by atoms with Crippen molar-refractivity contribution in [2.24, 2.45) is 0 Å². The maximum Gasteiger partial charge on any atom is 0.330 e. The third-order valence-electron chi connectivity index (χ3n) is 1.49. The molecule has 14 heavy (non-hydrogen) atoms. The van der Waals surface area contributed by atoms with Gasteiger partial charge in [0.15, 0.2) is 0 Å². The van der Waals surface area contributed by atoms with Crippen LogP contribution < -0.4 is 0 Å². The normalized spacial score (nSPS) is 9.36. The van der Waals surface area contributed by atoms with Crippen molar-refractivity contribution in [1.29, 1.82) is 0 Å². The Bertz CT molecular complexity index is 169. The van der Waals surface area contributed by atoms with Gasteiger partial charge in [0.05, 0.1) is 0 Å². The molecule has 0 aromatic carbocycles. The Hall–Kier alpha value is -1.05. The Morgan fingerprint density at radius 3 is 2.14 bits per heavy atom. The molecule has 2 heteroatoms. The van der Waals surface area contributed by atoms with Crippen molar-refractivity contribution in [3.05, 3.63) is 24.3 Å². The van der Waals surface area contributed by atoms with Gasteiger partial charge in [-0.1, -0.05) is 45.4 Å². The predicted molar refractivity (Wildman–Crippen MR) is 61.4 cm³/mol. The lowest BCUT2D eigenvalue weighted by molar-refractivity contribution is -0.132. The minimum Gasteiger partial charge on any atom is -0.478 e. The number of carboxylic acid groups (broad SMARTS) is 1. The quantitative estimate of drug-likeness (QED) is 0.414. The first-order valence-corrected chi connectivity index (χ1v) is 5.10. The SMILES string of the molecule is C=C(C)C(=O)O.CC/C=C/CCCC. The summed E-state index contributed by atoms with van der Waals surface area (Å²) in [6, 6.07) is 0. The topological polar surface area (TPSA) is 37.3 Å². The van der Waals surface area contributed by atoms with Crippen molar-refractivity contribution in [3.8, 4) is 0 Å². The summed E-state index contributed by atoms with van der Waals surface area (Å²) in [5, 5.41) is 7.89. The Morgan fingerprint density at radius 1 is 1.36 bits per heavy atom. The molecule has 0 saturated heterocycles. The first kappa shape index (κ1) is 15.4. The predicted octanol–water partition coefficient (Wildman–Crippen LogP) is 3.79. The first-order chi connectivity index (χ1) is 6.56. The highest BCUT2D eigenvalue weighted by molar-refractivity contribution is 5.84. The van der Waals surface area contributed by atoms with Crippen molar-refractivity contribution >= 4 is 5.97 Å². The maximum atomic E-state index is 9.60. The van der Waals surface area contributed by atoms with Gasteiger partial charge in [-0.2, -0.15) is 0 Å². The van der Waals surface area contributed by atoms with E-state index in [1.807, 2.05) is 0 Å². The lowest BCUT2D eigenvalue weighted by atomic mass is 10.2. The summed E-state index contributed by atoms with van der Waals surface area (Å²) in [5.74, 6) is -0.935. The molecule has 0 aliphatic heterocycles. The van der Waals surface area contributed by atoms with E-state index in [2.05, 4.69) is 32.6 Å². The number of aliphatic carboxylic acids is 1. The summed E-state index contributed by atoms with van der Waals surface area (Å²) in [6.45, 7) is 8.99. The fourth-order valence-corrected chi connectivity index (χ4v) is 0.606. The smallest absolute Gasteiger partial charge is 0.330 e.